The van der Waals surface area contributed by atoms with E-state index < -0.39 is 0 Å². The van der Waals surface area contributed by atoms with E-state index in [1.165, 1.54) is 5.56 Å². The summed E-state index contributed by atoms with van der Waals surface area (Å²) in [4.78, 5) is 4.70. The highest BCUT2D eigenvalue weighted by Crippen LogP contribution is 2.23. The average molecular weight is 281 g/mol. The molecule has 0 aliphatic carbocycles. The molecule has 0 radical (unpaired) electrons. The van der Waals surface area contributed by atoms with E-state index in [0.717, 1.165) is 35.3 Å². The molecule has 0 saturated carbocycles. The molecule has 1 unspecified atom stereocenters. The molecule has 0 spiro atoms. The first-order valence-electron chi connectivity index (χ1n) is 7.21. The lowest BCUT2D eigenvalue weighted by molar-refractivity contribution is 0.541. The van der Waals surface area contributed by atoms with E-state index in [9.17, 15) is 0 Å². The lowest BCUT2D eigenvalue weighted by Gasteiger charge is -2.14. The molecule has 1 aromatic carbocycles. The Morgan fingerprint density at radius 3 is 2.90 bits per heavy atom. The van der Waals surface area contributed by atoms with Gasteiger partial charge in [-0.1, -0.05) is 30.3 Å². The number of aryl methyl sites for hydroxylation is 2. The van der Waals surface area contributed by atoms with E-state index in [2.05, 4.69) is 36.3 Å². The first-order valence-corrected chi connectivity index (χ1v) is 7.21. The summed E-state index contributed by atoms with van der Waals surface area (Å²) in [6, 6.07) is 9.85. The summed E-state index contributed by atoms with van der Waals surface area (Å²) in [5, 5.41) is 9.23. The largest absolute Gasteiger partial charge is 0.318 e. The summed E-state index contributed by atoms with van der Waals surface area (Å²) < 4.78 is 1.86. The smallest absolute Gasteiger partial charge is 0.0913 e. The van der Waals surface area contributed by atoms with Gasteiger partial charge in [-0.2, -0.15) is 0 Å². The zero-order valence-electron chi connectivity index (χ0n) is 12.3. The number of para-hydroxylation sites is 1. The van der Waals surface area contributed by atoms with Gasteiger partial charge in [-0.05, 0) is 31.0 Å². The van der Waals surface area contributed by atoms with Gasteiger partial charge in [0.25, 0.3) is 0 Å². The van der Waals surface area contributed by atoms with Crippen molar-refractivity contribution in [3.05, 3.63) is 53.5 Å². The predicted octanol–water partition coefficient (Wildman–Crippen LogP) is 2.59. The van der Waals surface area contributed by atoms with Gasteiger partial charge in [0.05, 0.1) is 29.1 Å². The Labute approximate surface area is 123 Å². The molecule has 0 fully saturated rings. The van der Waals surface area contributed by atoms with Crippen LogP contribution < -0.4 is 5.73 Å². The summed E-state index contributed by atoms with van der Waals surface area (Å²) in [7, 11) is 0. The minimum atomic E-state index is -0.310. The highest BCUT2D eigenvalue weighted by Gasteiger charge is 2.17. The van der Waals surface area contributed by atoms with Crippen molar-refractivity contribution < 1.29 is 0 Å². The van der Waals surface area contributed by atoms with Crippen LogP contribution in [0.15, 0.2) is 36.5 Å². The first-order chi connectivity index (χ1) is 10.2. The van der Waals surface area contributed by atoms with Crippen molar-refractivity contribution in [1.82, 2.24) is 20.0 Å². The van der Waals surface area contributed by atoms with Crippen LogP contribution in [0, 0.1) is 6.92 Å². The number of hydrogen-bond acceptors (Lipinski definition) is 4. The van der Waals surface area contributed by atoms with Gasteiger partial charge in [-0.25, -0.2) is 4.68 Å². The molecule has 0 aliphatic rings. The van der Waals surface area contributed by atoms with E-state index in [-0.39, 0.29) is 6.04 Å². The summed E-state index contributed by atoms with van der Waals surface area (Å²) >= 11 is 0. The number of nitrogens with two attached hydrogens (primary N) is 1. The van der Waals surface area contributed by atoms with E-state index in [0.29, 0.717) is 0 Å². The van der Waals surface area contributed by atoms with E-state index in [4.69, 9.17) is 10.7 Å². The second-order valence-corrected chi connectivity index (χ2v) is 5.24. The van der Waals surface area contributed by atoms with Crippen LogP contribution in [0.3, 0.4) is 0 Å². The van der Waals surface area contributed by atoms with Gasteiger partial charge < -0.3 is 5.73 Å². The van der Waals surface area contributed by atoms with Crippen LogP contribution in [0.1, 0.15) is 36.3 Å². The normalized spacial score (nSPS) is 12.7. The summed E-state index contributed by atoms with van der Waals surface area (Å²) in [5.41, 5.74) is 10.3. The third-order valence-corrected chi connectivity index (χ3v) is 3.66. The Hall–Kier alpha value is -2.27. The molecule has 21 heavy (non-hydrogen) atoms. The molecule has 2 aromatic heterocycles. The minimum absolute atomic E-state index is 0.310. The van der Waals surface area contributed by atoms with Gasteiger partial charge in [-0.15, -0.1) is 5.10 Å². The van der Waals surface area contributed by atoms with Crippen molar-refractivity contribution in [3.8, 4) is 0 Å². The number of fused-ring (bicyclic) bond motifs is 1. The summed E-state index contributed by atoms with van der Waals surface area (Å²) in [6.45, 7) is 5.01. The second kappa shape index (κ2) is 5.61. The van der Waals surface area contributed by atoms with Crippen LogP contribution in [0.5, 0.6) is 0 Å². The Morgan fingerprint density at radius 1 is 1.29 bits per heavy atom. The number of hydrogen-bond donors (Lipinski definition) is 1. The number of pyridine rings is 1. The Balaban J connectivity index is 2.05. The summed E-state index contributed by atoms with van der Waals surface area (Å²) in [6.07, 6.45) is 2.72. The molecular weight excluding hydrogens is 262 g/mol. The van der Waals surface area contributed by atoms with Gasteiger partial charge in [0.15, 0.2) is 0 Å². The number of aromatic nitrogens is 4. The first kappa shape index (κ1) is 13.7. The molecule has 5 heteroatoms. The number of nitrogens with zero attached hydrogens (tertiary/aromatic N) is 4. The number of benzene rings is 1. The van der Waals surface area contributed by atoms with Crippen molar-refractivity contribution in [3.63, 3.8) is 0 Å². The van der Waals surface area contributed by atoms with Crippen molar-refractivity contribution >= 4 is 10.9 Å². The molecule has 0 saturated heterocycles. The van der Waals surface area contributed by atoms with Crippen LogP contribution in [-0.4, -0.2) is 20.0 Å². The molecule has 1 atom stereocenters. The zero-order valence-corrected chi connectivity index (χ0v) is 12.3. The summed E-state index contributed by atoms with van der Waals surface area (Å²) in [5.74, 6) is 0. The Kier molecular flexibility index (Phi) is 3.66. The van der Waals surface area contributed by atoms with Gasteiger partial charge in [0.1, 0.15) is 0 Å². The van der Waals surface area contributed by atoms with Crippen molar-refractivity contribution in [2.75, 3.05) is 0 Å². The predicted molar refractivity (Wildman–Crippen MR) is 82.8 cm³/mol. The molecule has 3 rings (SSSR count). The van der Waals surface area contributed by atoms with Gasteiger partial charge in [0, 0.05) is 11.9 Å². The van der Waals surface area contributed by atoms with Crippen LogP contribution in [0.4, 0.5) is 0 Å². The topological polar surface area (TPSA) is 69.6 Å². The zero-order chi connectivity index (χ0) is 14.8. The minimum Gasteiger partial charge on any atom is -0.318 e. The average Bonchev–Trinajstić information content (AvgIpc) is 2.95. The van der Waals surface area contributed by atoms with Crippen LogP contribution in [0.25, 0.3) is 10.9 Å². The van der Waals surface area contributed by atoms with Crippen LogP contribution in [0.2, 0.25) is 0 Å². The van der Waals surface area contributed by atoms with Gasteiger partial charge in [0.2, 0.25) is 0 Å². The maximum Gasteiger partial charge on any atom is 0.0913 e. The monoisotopic (exact) mass is 281 g/mol. The van der Waals surface area contributed by atoms with Crippen molar-refractivity contribution in [2.45, 2.75) is 32.9 Å². The lowest BCUT2D eigenvalue weighted by atomic mass is 10.0. The molecule has 5 nitrogen and oxygen atoms in total. The van der Waals surface area contributed by atoms with E-state index in [1.807, 2.05) is 22.9 Å². The van der Waals surface area contributed by atoms with Gasteiger partial charge in [-0.3, -0.25) is 4.98 Å². The second-order valence-electron chi connectivity index (χ2n) is 5.24. The van der Waals surface area contributed by atoms with Crippen molar-refractivity contribution in [2.24, 2.45) is 5.73 Å². The maximum atomic E-state index is 6.39. The van der Waals surface area contributed by atoms with E-state index in [1.54, 1.807) is 6.20 Å². The Morgan fingerprint density at radius 2 is 2.10 bits per heavy atom. The standard InChI is InChI=1S/C16H19N5/c1-3-8-21-15(10-18-20-21)16(17)14-9-11(2)12-6-4-5-7-13(12)19-14/h4-7,9-10,16H,3,8,17H2,1-2H3. The van der Waals surface area contributed by atoms with Crippen LogP contribution in [-0.2, 0) is 6.54 Å². The number of rotatable bonds is 4. The van der Waals surface area contributed by atoms with E-state index >= 15 is 0 Å². The fourth-order valence-corrected chi connectivity index (χ4v) is 2.58. The highest BCUT2D eigenvalue weighted by atomic mass is 15.4. The maximum absolute atomic E-state index is 6.39. The SMILES string of the molecule is CCCn1nncc1C(N)c1cc(C)c2ccccc2n1. The van der Waals surface area contributed by atoms with Crippen molar-refractivity contribution in [1.29, 1.82) is 0 Å². The third-order valence-electron chi connectivity index (χ3n) is 3.66. The van der Waals surface area contributed by atoms with Gasteiger partial charge >= 0.3 is 0 Å². The molecule has 108 valence electrons. The molecule has 3 aromatic rings. The fraction of sp³-hybridized carbons (Fsp3) is 0.312. The quantitative estimate of drug-likeness (QED) is 0.798. The van der Waals surface area contributed by atoms with Crippen LogP contribution >= 0.6 is 0 Å². The fourth-order valence-electron chi connectivity index (χ4n) is 2.58. The molecule has 2 heterocycles. The lowest BCUT2D eigenvalue weighted by Crippen LogP contribution is -2.19. The highest BCUT2D eigenvalue weighted by molar-refractivity contribution is 5.82. The molecule has 0 bridgehead atoms. The third kappa shape index (κ3) is 2.52. The molecule has 2 N–H and O–H groups in total. The molecule has 0 amide bonds. The molecule has 0 aliphatic heterocycles. The molecular formula is C16H19N5. The Bertz CT molecular complexity index is 762.